The molecule has 2 aromatic rings. The summed E-state index contributed by atoms with van der Waals surface area (Å²) in [5, 5.41) is 2.50. The van der Waals surface area contributed by atoms with Crippen molar-refractivity contribution in [2.75, 3.05) is 19.3 Å². The third-order valence-electron chi connectivity index (χ3n) is 5.26. The zero-order chi connectivity index (χ0) is 20.4. The van der Waals surface area contributed by atoms with Gasteiger partial charge in [-0.05, 0) is 49.4 Å². The van der Waals surface area contributed by atoms with Gasteiger partial charge in [0, 0.05) is 19.1 Å². The van der Waals surface area contributed by atoms with Gasteiger partial charge in [-0.2, -0.15) is 0 Å². The maximum Gasteiger partial charge on any atom is 0.410 e. The van der Waals surface area contributed by atoms with Crippen LogP contribution < -0.4 is 10.6 Å². The fraction of sp³-hybridized carbons (Fsp3) is 0.435. The Labute approximate surface area is 174 Å². The summed E-state index contributed by atoms with van der Waals surface area (Å²) in [6.45, 7) is 9.41. The van der Waals surface area contributed by atoms with Gasteiger partial charge in [0.05, 0.1) is 0 Å². The Balaban J connectivity index is 1.84. The van der Waals surface area contributed by atoms with Gasteiger partial charge in [-0.1, -0.05) is 79.4 Å². The first-order valence-corrected chi connectivity index (χ1v) is 12.9. The SMILES string of the molecule is C[C@@H]1CN(C(=O)OC(C)(C)C)C[C@@H]1CP(=S)(c1ccccc1)c1ccccc1. The summed E-state index contributed by atoms with van der Waals surface area (Å²) in [6, 6.07) is 19.1. The minimum atomic E-state index is -1.95. The van der Waals surface area contributed by atoms with Crippen LogP contribution in [0.2, 0.25) is 0 Å². The van der Waals surface area contributed by atoms with E-state index in [4.69, 9.17) is 16.5 Å². The molecule has 1 amide bonds. The lowest BCUT2D eigenvalue weighted by Crippen LogP contribution is -2.35. The first-order chi connectivity index (χ1) is 13.2. The fourth-order valence-corrected chi connectivity index (χ4v) is 8.24. The lowest BCUT2D eigenvalue weighted by atomic mass is 10.0. The molecule has 0 unspecified atom stereocenters. The number of hydrogen-bond donors (Lipinski definition) is 0. The van der Waals surface area contributed by atoms with E-state index in [1.54, 1.807) is 0 Å². The van der Waals surface area contributed by atoms with Crippen molar-refractivity contribution >= 4 is 34.5 Å². The maximum absolute atomic E-state index is 12.5. The van der Waals surface area contributed by atoms with E-state index in [-0.39, 0.29) is 6.09 Å². The highest BCUT2D eigenvalue weighted by Gasteiger charge is 2.38. The summed E-state index contributed by atoms with van der Waals surface area (Å²) in [5.41, 5.74) is -0.471. The van der Waals surface area contributed by atoms with Gasteiger partial charge in [-0.3, -0.25) is 0 Å². The standard InChI is InChI=1S/C23H30NO2PS/c1-18-15-24(22(25)26-23(2,3)4)16-19(18)17-27(28,20-11-7-5-8-12-20)21-13-9-6-10-14-21/h5-14,18-19H,15-17H2,1-4H3/t18-,19-/m1/s1. The third kappa shape index (κ3) is 4.85. The molecule has 2 atom stereocenters. The third-order valence-corrected chi connectivity index (χ3v) is 10.2. The highest BCUT2D eigenvalue weighted by molar-refractivity contribution is 8.21. The van der Waals surface area contributed by atoms with Gasteiger partial charge in [-0.15, -0.1) is 0 Å². The second-order valence-corrected chi connectivity index (χ2v) is 13.5. The van der Waals surface area contributed by atoms with Gasteiger partial charge in [-0.25, -0.2) is 4.79 Å². The summed E-state index contributed by atoms with van der Waals surface area (Å²) in [7, 11) is 0. The zero-order valence-electron chi connectivity index (χ0n) is 17.2. The molecule has 1 saturated heterocycles. The number of likely N-dealkylation sites (tertiary alicyclic amines) is 1. The van der Waals surface area contributed by atoms with Gasteiger partial charge in [0.15, 0.2) is 0 Å². The van der Waals surface area contributed by atoms with Crippen LogP contribution in [-0.4, -0.2) is 35.8 Å². The van der Waals surface area contributed by atoms with E-state index in [1.807, 2.05) is 37.8 Å². The number of carbonyl (C=O) groups excluding carboxylic acids is 1. The van der Waals surface area contributed by atoms with Crippen LogP contribution >= 0.6 is 6.04 Å². The Bertz CT molecular complexity index is 804. The predicted molar refractivity (Wildman–Crippen MR) is 122 cm³/mol. The Hall–Kier alpha value is -1.64. The summed E-state index contributed by atoms with van der Waals surface area (Å²) < 4.78 is 5.59. The summed E-state index contributed by atoms with van der Waals surface area (Å²) in [6.07, 6.45) is 0.714. The van der Waals surface area contributed by atoms with Crippen LogP contribution in [0.1, 0.15) is 27.7 Å². The van der Waals surface area contributed by atoms with Gasteiger partial charge < -0.3 is 9.64 Å². The molecule has 0 N–H and O–H groups in total. The molecule has 0 saturated carbocycles. The van der Waals surface area contributed by atoms with Crippen LogP contribution in [-0.2, 0) is 16.5 Å². The Kier molecular flexibility index (Phi) is 6.31. The molecular formula is C23H30NO2PS. The van der Waals surface area contributed by atoms with Gasteiger partial charge in [0.1, 0.15) is 5.60 Å². The number of amides is 1. The van der Waals surface area contributed by atoms with Crippen molar-refractivity contribution in [3.63, 3.8) is 0 Å². The molecule has 0 radical (unpaired) electrons. The first kappa shape index (κ1) is 21.1. The second-order valence-electron chi connectivity index (χ2n) is 8.72. The molecule has 1 aliphatic heterocycles. The van der Waals surface area contributed by atoms with Crippen molar-refractivity contribution in [2.24, 2.45) is 11.8 Å². The molecule has 3 nitrogen and oxygen atoms in total. The van der Waals surface area contributed by atoms with Crippen molar-refractivity contribution in [1.82, 2.24) is 4.90 Å². The summed E-state index contributed by atoms with van der Waals surface area (Å²) in [5.74, 6) is 0.779. The number of ether oxygens (including phenoxy) is 1. The molecule has 2 aromatic carbocycles. The molecule has 1 heterocycles. The van der Waals surface area contributed by atoms with Crippen molar-refractivity contribution in [2.45, 2.75) is 33.3 Å². The lowest BCUT2D eigenvalue weighted by molar-refractivity contribution is 0.0285. The van der Waals surface area contributed by atoms with Crippen molar-refractivity contribution in [3.8, 4) is 0 Å². The van der Waals surface area contributed by atoms with E-state index in [9.17, 15) is 4.79 Å². The normalized spacial score (nSPS) is 20.2. The molecule has 0 spiro atoms. The average molecular weight is 416 g/mol. The predicted octanol–water partition coefficient (Wildman–Crippen LogP) is 4.62. The van der Waals surface area contributed by atoms with E-state index >= 15 is 0 Å². The van der Waals surface area contributed by atoms with Crippen molar-refractivity contribution < 1.29 is 9.53 Å². The van der Waals surface area contributed by atoms with E-state index in [1.165, 1.54) is 10.6 Å². The van der Waals surface area contributed by atoms with Crippen LogP contribution in [0.3, 0.4) is 0 Å². The van der Waals surface area contributed by atoms with Gasteiger partial charge in [0.25, 0.3) is 0 Å². The Morgan fingerprint density at radius 2 is 1.54 bits per heavy atom. The van der Waals surface area contributed by atoms with Gasteiger partial charge >= 0.3 is 6.09 Å². The monoisotopic (exact) mass is 415 g/mol. The Morgan fingerprint density at radius 3 is 2.00 bits per heavy atom. The van der Waals surface area contributed by atoms with E-state index in [0.29, 0.717) is 18.4 Å². The number of carbonyl (C=O) groups is 1. The molecule has 150 valence electrons. The summed E-state index contributed by atoms with van der Waals surface area (Å²) >= 11 is 6.39. The van der Waals surface area contributed by atoms with Crippen molar-refractivity contribution in [1.29, 1.82) is 0 Å². The fourth-order valence-electron chi connectivity index (χ4n) is 3.78. The molecule has 1 aliphatic rings. The lowest BCUT2D eigenvalue weighted by Gasteiger charge is -2.28. The van der Waals surface area contributed by atoms with Crippen LogP contribution in [0.4, 0.5) is 4.79 Å². The average Bonchev–Trinajstić information content (AvgIpc) is 3.02. The summed E-state index contributed by atoms with van der Waals surface area (Å²) in [4.78, 5) is 14.4. The number of hydrogen-bond acceptors (Lipinski definition) is 3. The highest BCUT2D eigenvalue weighted by atomic mass is 32.4. The maximum atomic E-state index is 12.5. The highest BCUT2D eigenvalue weighted by Crippen LogP contribution is 2.48. The van der Waals surface area contributed by atoms with E-state index in [2.05, 4.69) is 55.5 Å². The zero-order valence-corrected chi connectivity index (χ0v) is 18.9. The molecule has 3 rings (SSSR count). The number of nitrogens with zero attached hydrogens (tertiary/aromatic N) is 1. The molecule has 28 heavy (non-hydrogen) atoms. The van der Waals surface area contributed by atoms with E-state index < -0.39 is 11.6 Å². The molecule has 0 aromatic heterocycles. The number of rotatable bonds is 4. The van der Waals surface area contributed by atoms with Crippen LogP contribution in [0.15, 0.2) is 60.7 Å². The quantitative estimate of drug-likeness (QED) is 0.683. The van der Waals surface area contributed by atoms with Crippen LogP contribution in [0, 0.1) is 11.8 Å². The largest absolute Gasteiger partial charge is 0.444 e. The van der Waals surface area contributed by atoms with Crippen LogP contribution in [0.25, 0.3) is 0 Å². The minimum Gasteiger partial charge on any atom is -0.444 e. The first-order valence-electron chi connectivity index (χ1n) is 9.87. The topological polar surface area (TPSA) is 29.5 Å². The second kappa shape index (κ2) is 8.39. The molecule has 0 aliphatic carbocycles. The molecule has 5 heteroatoms. The molecular weight excluding hydrogens is 385 g/mol. The van der Waals surface area contributed by atoms with E-state index in [0.717, 1.165) is 12.7 Å². The van der Waals surface area contributed by atoms with Crippen LogP contribution in [0.5, 0.6) is 0 Å². The molecule has 0 bridgehead atoms. The molecule has 1 fully saturated rings. The smallest absolute Gasteiger partial charge is 0.410 e. The van der Waals surface area contributed by atoms with Crippen molar-refractivity contribution in [3.05, 3.63) is 60.7 Å². The van der Waals surface area contributed by atoms with Gasteiger partial charge in [0.2, 0.25) is 0 Å². The number of benzene rings is 2. The Morgan fingerprint density at radius 1 is 1.04 bits per heavy atom. The minimum absolute atomic E-state index is 0.213.